The summed E-state index contributed by atoms with van der Waals surface area (Å²) in [5.41, 5.74) is 2.55. The van der Waals surface area contributed by atoms with Crippen LogP contribution in [-0.4, -0.2) is 31.3 Å². The van der Waals surface area contributed by atoms with Crippen LogP contribution in [0.15, 0.2) is 76.8 Å². The number of hydrogen-bond acceptors (Lipinski definition) is 6. The number of para-hydroxylation sites is 2. The van der Waals surface area contributed by atoms with E-state index in [2.05, 4.69) is 15.2 Å². The van der Waals surface area contributed by atoms with Crippen LogP contribution in [-0.2, 0) is 12.3 Å². The maximum Gasteiger partial charge on any atom is 0.263 e. The molecule has 5 rings (SSSR count). The fourth-order valence-corrected chi connectivity index (χ4v) is 4.60. The van der Waals surface area contributed by atoms with Gasteiger partial charge in [0.2, 0.25) is 5.78 Å². The van der Waals surface area contributed by atoms with Crippen LogP contribution >= 0.6 is 23.4 Å². The molecule has 3 heterocycles. The molecule has 5 aromatic rings. The van der Waals surface area contributed by atoms with Gasteiger partial charge in [0.15, 0.2) is 5.16 Å². The van der Waals surface area contributed by atoms with Crippen molar-refractivity contribution in [2.75, 3.05) is 7.11 Å². The number of aromatic nitrogens is 5. The quantitative estimate of drug-likeness (QED) is 0.274. The Balaban J connectivity index is 1.63. The molecule has 7 nitrogen and oxygen atoms in total. The summed E-state index contributed by atoms with van der Waals surface area (Å²) in [6.45, 7) is 0.321. The van der Waals surface area contributed by atoms with Crippen molar-refractivity contribution in [2.45, 2.75) is 17.5 Å². The fraction of sp³-hybridized carbons (Fsp3) is 0.130. The van der Waals surface area contributed by atoms with E-state index < -0.39 is 0 Å². The third kappa shape index (κ3) is 3.72. The molecule has 160 valence electrons. The number of ether oxygens (including phenoxy) is 1. The van der Waals surface area contributed by atoms with Crippen molar-refractivity contribution < 1.29 is 4.74 Å². The van der Waals surface area contributed by atoms with E-state index in [9.17, 15) is 4.79 Å². The molecular formula is C23H18ClN5O2S. The first kappa shape index (κ1) is 20.5. The molecule has 0 atom stereocenters. The molecule has 3 aromatic heterocycles. The minimum absolute atomic E-state index is 0.121. The predicted molar refractivity (Wildman–Crippen MR) is 126 cm³/mol. The van der Waals surface area contributed by atoms with Crippen molar-refractivity contribution in [3.05, 3.63) is 93.5 Å². The number of thioether (sulfide) groups is 1. The molecule has 0 fully saturated rings. The zero-order valence-electron chi connectivity index (χ0n) is 17.1. The lowest BCUT2D eigenvalue weighted by Crippen LogP contribution is -2.24. The number of hydrogen-bond donors (Lipinski definition) is 0. The van der Waals surface area contributed by atoms with Gasteiger partial charge in [0.05, 0.1) is 24.6 Å². The van der Waals surface area contributed by atoms with Crippen LogP contribution in [0, 0.1) is 0 Å². The van der Waals surface area contributed by atoms with Crippen LogP contribution < -0.4 is 10.3 Å². The van der Waals surface area contributed by atoms with Crippen LogP contribution in [0.5, 0.6) is 5.75 Å². The van der Waals surface area contributed by atoms with Gasteiger partial charge in [-0.1, -0.05) is 59.8 Å². The Labute approximate surface area is 192 Å². The number of rotatable bonds is 6. The van der Waals surface area contributed by atoms with Gasteiger partial charge in [-0.15, -0.1) is 10.2 Å². The van der Waals surface area contributed by atoms with E-state index in [1.807, 2.05) is 59.0 Å². The van der Waals surface area contributed by atoms with Gasteiger partial charge in [0.1, 0.15) is 10.9 Å². The van der Waals surface area contributed by atoms with Crippen molar-refractivity contribution in [3.8, 4) is 5.75 Å². The van der Waals surface area contributed by atoms with Crippen LogP contribution in [0.25, 0.3) is 16.7 Å². The average Bonchev–Trinajstić information content (AvgIpc) is 3.25. The molecule has 32 heavy (non-hydrogen) atoms. The van der Waals surface area contributed by atoms with Crippen LogP contribution in [0.4, 0.5) is 0 Å². The number of fused-ring (bicyclic) bond motifs is 3. The Hall–Kier alpha value is -3.36. The van der Waals surface area contributed by atoms with Gasteiger partial charge >= 0.3 is 0 Å². The lowest BCUT2D eigenvalue weighted by atomic mass is 10.2. The highest BCUT2D eigenvalue weighted by Gasteiger charge is 2.18. The van der Waals surface area contributed by atoms with E-state index in [-0.39, 0.29) is 5.56 Å². The summed E-state index contributed by atoms with van der Waals surface area (Å²) in [6.07, 6.45) is 1.74. The molecule has 0 amide bonds. The summed E-state index contributed by atoms with van der Waals surface area (Å²) in [7, 11) is 1.62. The van der Waals surface area contributed by atoms with Crippen LogP contribution in [0.1, 0.15) is 11.1 Å². The third-order valence-corrected chi connectivity index (χ3v) is 6.38. The lowest BCUT2D eigenvalue weighted by Gasteiger charge is -2.13. The molecule has 0 bridgehead atoms. The van der Waals surface area contributed by atoms with E-state index in [0.29, 0.717) is 33.8 Å². The number of methoxy groups -OCH3 is 1. The molecule has 0 unspecified atom stereocenters. The zero-order chi connectivity index (χ0) is 22.1. The molecule has 0 aliphatic rings. The van der Waals surface area contributed by atoms with E-state index >= 15 is 0 Å². The van der Waals surface area contributed by atoms with Gasteiger partial charge in [0.25, 0.3) is 5.56 Å². The molecule has 0 aliphatic carbocycles. The Morgan fingerprint density at radius 1 is 1.03 bits per heavy atom. The largest absolute Gasteiger partial charge is 0.496 e. The molecular weight excluding hydrogens is 446 g/mol. The van der Waals surface area contributed by atoms with E-state index in [1.54, 1.807) is 23.9 Å². The normalized spacial score (nSPS) is 11.3. The topological polar surface area (TPSA) is 74.3 Å². The van der Waals surface area contributed by atoms with Crippen LogP contribution in [0.2, 0.25) is 5.15 Å². The summed E-state index contributed by atoms with van der Waals surface area (Å²) in [5, 5.41) is 10.5. The smallest absolute Gasteiger partial charge is 0.263 e. The van der Waals surface area contributed by atoms with Gasteiger partial charge in [-0.25, -0.2) is 4.98 Å². The monoisotopic (exact) mass is 463 g/mol. The molecule has 9 heteroatoms. The van der Waals surface area contributed by atoms with Gasteiger partial charge in [-0.3, -0.25) is 13.8 Å². The predicted octanol–water partition coefficient (Wildman–Crippen LogP) is 4.44. The second-order valence-corrected chi connectivity index (χ2v) is 8.45. The zero-order valence-corrected chi connectivity index (χ0v) is 18.7. The maximum absolute atomic E-state index is 13.4. The molecule has 0 radical (unpaired) electrons. The van der Waals surface area contributed by atoms with E-state index in [4.69, 9.17) is 16.3 Å². The Morgan fingerprint density at radius 3 is 2.66 bits per heavy atom. The fourth-order valence-electron chi connectivity index (χ4n) is 3.61. The minimum Gasteiger partial charge on any atom is -0.496 e. The molecule has 0 saturated heterocycles. The third-order valence-electron chi connectivity index (χ3n) is 5.16. The highest BCUT2D eigenvalue weighted by molar-refractivity contribution is 7.98. The first-order chi connectivity index (χ1) is 15.7. The summed E-state index contributed by atoms with van der Waals surface area (Å²) in [4.78, 5) is 17.5. The standard InChI is InChI=1S/C23H18ClN5O2S/c1-31-19-9-5-2-6-16(19)13-28-21(30)17-7-3-4-8-18(17)29-22(28)26-27-23(29)32-14-15-10-11-20(24)25-12-15/h2-12H,13-14H2,1H3. The second kappa shape index (κ2) is 8.64. The minimum atomic E-state index is -0.121. The van der Waals surface area contributed by atoms with E-state index in [1.165, 1.54) is 11.8 Å². The highest BCUT2D eigenvalue weighted by atomic mass is 35.5. The summed E-state index contributed by atoms with van der Waals surface area (Å²) in [6, 6.07) is 18.8. The van der Waals surface area contributed by atoms with Crippen molar-refractivity contribution in [1.82, 2.24) is 24.1 Å². The molecule has 2 aromatic carbocycles. The summed E-state index contributed by atoms with van der Waals surface area (Å²) < 4.78 is 9.05. The van der Waals surface area contributed by atoms with Gasteiger partial charge < -0.3 is 4.74 Å². The number of nitrogens with zero attached hydrogens (tertiary/aromatic N) is 5. The summed E-state index contributed by atoms with van der Waals surface area (Å²) in [5.74, 6) is 1.84. The number of pyridine rings is 1. The van der Waals surface area contributed by atoms with Crippen molar-refractivity contribution >= 4 is 40.0 Å². The first-order valence-electron chi connectivity index (χ1n) is 9.87. The van der Waals surface area contributed by atoms with Gasteiger partial charge in [-0.05, 0) is 29.8 Å². The lowest BCUT2D eigenvalue weighted by molar-refractivity contribution is 0.408. The number of halogens is 1. The molecule has 0 aliphatic heterocycles. The highest BCUT2D eigenvalue weighted by Crippen LogP contribution is 2.26. The van der Waals surface area contributed by atoms with Crippen molar-refractivity contribution in [3.63, 3.8) is 0 Å². The first-order valence-corrected chi connectivity index (χ1v) is 11.2. The molecule has 0 N–H and O–H groups in total. The van der Waals surface area contributed by atoms with Gasteiger partial charge in [-0.2, -0.15) is 0 Å². The molecule has 0 saturated carbocycles. The second-order valence-electron chi connectivity index (χ2n) is 7.12. The van der Waals surface area contributed by atoms with Crippen LogP contribution in [0.3, 0.4) is 0 Å². The van der Waals surface area contributed by atoms with E-state index in [0.717, 1.165) is 22.4 Å². The Morgan fingerprint density at radius 2 is 1.84 bits per heavy atom. The maximum atomic E-state index is 13.4. The SMILES string of the molecule is COc1ccccc1Cn1c(=O)c2ccccc2n2c(SCc3ccc(Cl)nc3)nnc12. The summed E-state index contributed by atoms with van der Waals surface area (Å²) >= 11 is 7.41. The van der Waals surface area contributed by atoms with Crippen molar-refractivity contribution in [1.29, 1.82) is 0 Å². The Kier molecular flexibility index (Phi) is 5.55. The molecule has 0 spiro atoms. The van der Waals surface area contributed by atoms with Crippen molar-refractivity contribution in [2.24, 2.45) is 0 Å². The van der Waals surface area contributed by atoms with Gasteiger partial charge in [0, 0.05) is 17.5 Å². The Bertz CT molecular complexity index is 1480. The average molecular weight is 464 g/mol. The number of benzene rings is 2.